The minimum Gasteiger partial charge on any atom is -0.311 e. The van der Waals surface area contributed by atoms with Gasteiger partial charge in [0.05, 0.1) is 11.2 Å². The number of nitriles is 1. The van der Waals surface area contributed by atoms with E-state index in [2.05, 4.69) is 34.6 Å². The number of rotatable bonds is 5. The summed E-state index contributed by atoms with van der Waals surface area (Å²) in [7, 11) is 0. The average molecular weight is 455 g/mol. The van der Waals surface area contributed by atoms with Gasteiger partial charge in [-0.3, -0.25) is 19.6 Å². The van der Waals surface area contributed by atoms with E-state index in [1.54, 1.807) is 18.5 Å². The van der Waals surface area contributed by atoms with E-state index in [1.165, 1.54) is 0 Å². The number of fused-ring (bicyclic) bond motifs is 1. The summed E-state index contributed by atoms with van der Waals surface area (Å²) in [6, 6.07) is 1.80. The molecule has 2 amide bonds. The van der Waals surface area contributed by atoms with Gasteiger partial charge in [-0.1, -0.05) is 31.9 Å². The van der Waals surface area contributed by atoms with E-state index in [4.69, 9.17) is 16.9 Å². The summed E-state index contributed by atoms with van der Waals surface area (Å²) >= 11 is 6.45. The second-order valence-electron chi connectivity index (χ2n) is 9.64. The molecule has 2 aromatic rings. The molecule has 2 aliphatic rings. The Morgan fingerprint density at radius 2 is 2.12 bits per heavy atom. The third kappa shape index (κ3) is 4.78. The van der Waals surface area contributed by atoms with Gasteiger partial charge in [0.1, 0.15) is 5.82 Å². The van der Waals surface area contributed by atoms with Crippen molar-refractivity contribution in [1.82, 2.24) is 20.1 Å². The standard InChI is InChI=1S/C23H27ClN6O2/c1-23(2)9-19-17(10-28-30(19)12-23)16-8-20(26-11-18(16)24)29-21(31)7-14-4-3-5-15(6-14)22(32)27-13-25/h8,10-11,14-15H,3-7,9,12H2,1-2H3,(H,27,32)(H,26,29,31). The second kappa shape index (κ2) is 8.91. The van der Waals surface area contributed by atoms with Gasteiger partial charge in [-0.2, -0.15) is 10.4 Å². The van der Waals surface area contributed by atoms with Gasteiger partial charge in [-0.05, 0) is 43.1 Å². The highest BCUT2D eigenvalue weighted by Crippen LogP contribution is 2.39. The molecule has 0 aromatic carbocycles. The van der Waals surface area contributed by atoms with Gasteiger partial charge >= 0.3 is 0 Å². The smallest absolute Gasteiger partial charge is 0.236 e. The molecule has 2 aromatic heterocycles. The zero-order valence-electron chi connectivity index (χ0n) is 18.3. The van der Waals surface area contributed by atoms with E-state index in [0.717, 1.165) is 49.0 Å². The van der Waals surface area contributed by atoms with Crippen molar-refractivity contribution >= 4 is 29.2 Å². The number of halogens is 1. The van der Waals surface area contributed by atoms with E-state index in [1.807, 2.05) is 10.9 Å². The fourth-order valence-corrected chi connectivity index (χ4v) is 5.12. The van der Waals surface area contributed by atoms with Crippen LogP contribution in [0.1, 0.15) is 51.6 Å². The number of carbonyl (C=O) groups is 2. The van der Waals surface area contributed by atoms with Crippen LogP contribution in [-0.2, 0) is 22.6 Å². The van der Waals surface area contributed by atoms with Crippen LogP contribution in [0.3, 0.4) is 0 Å². The molecule has 3 heterocycles. The second-order valence-corrected chi connectivity index (χ2v) is 10.0. The molecule has 1 saturated carbocycles. The van der Waals surface area contributed by atoms with Gasteiger partial charge in [-0.25, -0.2) is 4.98 Å². The van der Waals surface area contributed by atoms with Gasteiger partial charge < -0.3 is 5.32 Å². The summed E-state index contributed by atoms with van der Waals surface area (Å²) in [5.41, 5.74) is 3.07. The number of anilines is 1. The molecule has 32 heavy (non-hydrogen) atoms. The van der Waals surface area contributed by atoms with Crippen LogP contribution in [0.2, 0.25) is 5.02 Å². The van der Waals surface area contributed by atoms with Crippen molar-refractivity contribution in [1.29, 1.82) is 5.26 Å². The molecular formula is C23H27ClN6O2. The molecular weight excluding hydrogens is 428 g/mol. The normalized spacial score (nSPS) is 21.4. The van der Waals surface area contributed by atoms with Crippen LogP contribution in [0.15, 0.2) is 18.5 Å². The fourth-order valence-electron chi connectivity index (χ4n) is 4.91. The Hall–Kier alpha value is -2.92. The van der Waals surface area contributed by atoms with Crippen molar-refractivity contribution in [2.24, 2.45) is 17.3 Å². The average Bonchev–Trinajstić information content (AvgIpc) is 3.24. The number of nitrogens with zero attached hydrogens (tertiary/aromatic N) is 4. The molecule has 2 atom stereocenters. The van der Waals surface area contributed by atoms with Gasteiger partial charge in [0, 0.05) is 41.9 Å². The SMILES string of the molecule is CC1(C)Cc2c(-c3cc(NC(=O)CC4CCCC(C(=O)NC#N)C4)ncc3Cl)cnn2C1. The summed E-state index contributed by atoms with van der Waals surface area (Å²) < 4.78 is 2.02. The van der Waals surface area contributed by atoms with Crippen molar-refractivity contribution in [2.45, 2.75) is 58.9 Å². The molecule has 1 aliphatic heterocycles. The molecule has 0 spiro atoms. The van der Waals surface area contributed by atoms with Gasteiger partial charge in [0.15, 0.2) is 6.19 Å². The van der Waals surface area contributed by atoms with Gasteiger partial charge in [0.2, 0.25) is 11.8 Å². The highest BCUT2D eigenvalue weighted by atomic mass is 35.5. The first kappa shape index (κ1) is 22.3. The Morgan fingerprint density at radius 1 is 1.31 bits per heavy atom. The molecule has 0 saturated heterocycles. The Bertz CT molecular complexity index is 1090. The summed E-state index contributed by atoms with van der Waals surface area (Å²) in [5, 5.41) is 18.8. The highest BCUT2D eigenvalue weighted by molar-refractivity contribution is 6.33. The number of pyridine rings is 1. The molecule has 0 bridgehead atoms. The lowest BCUT2D eigenvalue weighted by Crippen LogP contribution is -2.32. The number of carbonyl (C=O) groups excluding carboxylic acids is 2. The molecule has 1 aliphatic carbocycles. The van der Waals surface area contributed by atoms with Crippen molar-refractivity contribution in [2.75, 3.05) is 5.32 Å². The minimum atomic E-state index is -0.251. The lowest BCUT2D eigenvalue weighted by Gasteiger charge is -2.27. The van der Waals surface area contributed by atoms with Crippen molar-refractivity contribution in [3.05, 3.63) is 29.2 Å². The van der Waals surface area contributed by atoms with E-state index in [0.29, 0.717) is 23.7 Å². The Morgan fingerprint density at radius 3 is 2.91 bits per heavy atom. The predicted octanol–water partition coefficient (Wildman–Crippen LogP) is 3.91. The minimum absolute atomic E-state index is 0.103. The maximum absolute atomic E-state index is 12.7. The summed E-state index contributed by atoms with van der Waals surface area (Å²) in [5.74, 6) is -0.0561. The maximum atomic E-state index is 12.7. The lowest BCUT2D eigenvalue weighted by atomic mass is 9.79. The Kier molecular flexibility index (Phi) is 6.20. The van der Waals surface area contributed by atoms with E-state index in [9.17, 15) is 9.59 Å². The molecule has 2 unspecified atom stereocenters. The highest BCUT2D eigenvalue weighted by Gasteiger charge is 2.32. The molecule has 9 heteroatoms. The quantitative estimate of drug-likeness (QED) is 0.525. The molecule has 168 valence electrons. The van der Waals surface area contributed by atoms with E-state index < -0.39 is 0 Å². The van der Waals surface area contributed by atoms with Crippen LogP contribution >= 0.6 is 11.6 Å². The number of nitrogens with one attached hydrogen (secondary N) is 2. The largest absolute Gasteiger partial charge is 0.311 e. The molecule has 0 radical (unpaired) electrons. The number of amides is 2. The molecule has 4 rings (SSSR count). The predicted molar refractivity (Wildman–Crippen MR) is 120 cm³/mol. The van der Waals surface area contributed by atoms with Crippen molar-refractivity contribution < 1.29 is 9.59 Å². The molecule has 1 fully saturated rings. The third-order valence-corrected chi connectivity index (χ3v) is 6.69. The van der Waals surface area contributed by atoms with Gasteiger partial charge in [0.25, 0.3) is 0 Å². The first-order valence-electron chi connectivity index (χ1n) is 10.9. The van der Waals surface area contributed by atoms with Crippen LogP contribution < -0.4 is 10.6 Å². The van der Waals surface area contributed by atoms with Crippen LogP contribution in [0.4, 0.5) is 5.82 Å². The fraction of sp³-hybridized carbons (Fsp3) is 0.522. The zero-order valence-corrected chi connectivity index (χ0v) is 19.1. The first-order valence-corrected chi connectivity index (χ1v) is 11.3. The van der Waals surface area contributed by atoms with E-state index in [-0.39, 0.29) is 29.1 Å². The van der Waals surface area contributed by atoms with Crippen LogP contribution in [0, 0.1) is 28.7 Å². The lowest BCUT2D eigenvalue weighted by molar-refractivity contribution is -0.126. The topological polar surface area (TPSA) is 113 Å². The van der Waals surface area contributed by atoms with Crippen LogP contribution in [0.5, 0.6) is 0 Å². The zero-order chi connectivity index (χ0) is 22.9. The monoisotopic (exact) mass is 454 g/mol. The van der Waals surface area contributed by atoms with Crippen molar-refractivity contribution in [3.8, 4) is 17.3 Å². The number of hydrogen-bond donors (Lipinski definition) is 2. The maximum Gasteiger partial charge on any atom is 0.236 e. The Labute approximate surface area is 192 Å². The van der Waals surface area contributed by atoms with Crippen molar-refractivity contribution in [3.63, 3.8) is 0 Å². The summed E-state index contributed by atoms with van der Waals surface area (Å²) in [4.78, 5) is 28.9. The molecule has 2 N–H and O–H groups in total. The summed E-state index contributed by atoms with van der Waals surface area (Å²) in [6.45, 7) is 5.29. The van der Waals surface area contributed by atoms with Crippen LogP contribution in [-0.4, -0.2) is 26.6 Å². The number of aromatic nitrogens is 3. The third-order valence-electron chi connectivity index (χ3n) is 6.39. The summed E-state index contributed by atoms with van der Waals surface area (Å²) in [6.07, 6.45) is 9.41. The Balaban J connectivity index is 1.43. The van der Waals surface area contributed by atoms with E-state index >= 15 is 0 Å². The molecule has 8 nitrogen and oxygen atoms in total. The first-order chi connectivity index (χ1) is 15.3. The van der Waals surface area contributed by atoms with Gasteiger partial charge in [-0.15, -0.1) is 0 Å². The van der Waals surface area contributed by atoms with Crippen LogP contribution in [0.25, 0.3) is 11.1 Å². The number of hydrogen-bond acceptors (Lipinski definition) is 5.